The maximum Gasteiger partial charge on any atom is 0.226 e. The van der Waals surface area contributed by atoms with Gasteiger partial charge in [0.05, 0.1) is 6.57 Å². The average Bonchev–Trinajstić information content (AvgIpc) is 2.77. The highest BCUT2D eigenvalue weighted by Gasteiger charge is 2.72. The van der Waals surface area contributed by atoms with E-state index < -0.39 is 5.41 Å². The summed E-state index contributed by atoms with van der Waals surface area (Å²) in [5.41, 5.74) is -1.18. The lowest BCUT2D eigenvalue weighted by molar-refractivity contribution is -0.221. The highest BCUT2D eigenvalue weighted by atomic mass is 16.1. The van der Waals surface area contributed by atoms with Crippen LogP contribution in [0.1, 0.15) is 107 Å². The summed E-state index contributed by atoms with van der Waals surface area (Å²) in [5, 5.41) is 0. The predicted molar refractivity (Wildman–Crippen MR) is 141 cm³/mol. The lowest BCUT2D eigenvalue weighted by atomic mass is 9.31. The van der Waals surface area contributed by atoms with Gasteiger partial charge in [0.25, 0.3) is 0 Å². The molecule has 196 valence electrons. The van der Waals surface area contributed by atoms with Crippen LogP contribution >= 0.6 is 0 Å². The topological polar surface area (TPSA) is 55.6 Å². The largest absolute Gasteiger partial charge is 0.307 e. The molecule has 0 aromatic heterocycles. The fourth-order valence-corrected chi connectivity index (χ4v) is 10.9. The van der Waals surface area contributed by atoms with Gasteiger partial charge < -0.3 is 4.79 Å². The number of hydrogen-bond acceptors (Lipinski definition) is 3. The van der Waals surface area contributed by atoms with Crippen LogP contribution in [0, 0.1) is 62.7 Å². The van der Waals surface area contributed by atoms with E-state index in [1.807, 2.05) is 19.9 Å². The number of carbonyl (C=O) groups excluding carboxylic acids is 3. The Hall–Kier alpha value is -1.76. The Morgan fingerprint density at radius 3 is 2.17 bits per heavy atom. The number of ketones is 3. The van der Waals surface area contributed by atoms with E-state index in [9.17, 15) is 14.4 Å². The molecule has 4 heteroatoms. The van der Waals surface area contributed by atoms with Crippen molar-refractivity contribution in [3.63, 3.8) is 0 Å². The molecular formula is C32H45NO3. The summed E-state index contributed by atoms with van der Waals surface area (Å²) < 4.78 is 0. The zero-order valence-corrected chi connectivity index (χ0v) is 23.7. The Bertz CT molecular complexity index is 1120. The van der Waals surface area contributed by atoms with E-state index in [0.29, 0.717) is 12.2 Å². The third-order valence-electron chi connectivity index (χ3n) is 13.1. The molecule has 4 nitrogen and oxygen atoms in total. The van der Waals surface area contributed by atoms with E-state index in [2.05, 4.69) is 39.5 Å². The summed E-state index contributed by atoms with van der Waals surface area (Å²) in [6.45, 7) is 25.2. The molecule has 8 atom stereocenters. The zero-order valence-electron chi connectivity index (χ0n) is 23.7. The zero-order chi connectivity index (χ0) is 26.7. The van der Waals surface area contributed by atoms with Crippen LogP contribution in [-0.4, -0.2) is 17.3 Å². The fourth-order valence-electron chi connectivity index (χ4n) is 10.9. The molecule has 0 saturated heterocycles. The third-order valence-corrected chi connectivity index (χ3v) is 13.1. The van der Waals surface area contributed by atoms with Crippen LogP contribution in [0.15, 0.2) is 11.8 Å². The number of hydrogen-bond donors (Lipinski definition) is 0. The van der Waals surface area contributed by atoms with Crippen molar-refractivity contribution in [2.45, 2.75) is 107 Å². The minimum atomic E-state index is -0.602. The van der Waals surface area contributed by atoms with Crippen molar-refractivity contribution >= 4 is 17.3 Å². The van der Waals surface area contributed by atoms with Crippen LogP contribution in [0.5, 0.6) is 0 Å². The van der Waals surface area contributed by atoms with Crippen molar-refractivity contribution in [3.8, 4) is 0 Å². The summed E-state index contributed by atoms with van der Waals surface area (Å²) >= 11 is 0. The number of carbonyl (C=O) groups is 3. The summed E-state index contributed by atoms with van der Waals surface area (Å²) in [5.74, 6) is 0.847. The van der Waals surface area contributed by atoms with Gasteiger partial charge in [-0.3, -0.25) is 9.59 Å². The summed E-state index contributed by atoms with van der Waals surface area (Å²) in [4.78, 5) is 44.5. The van der Waals surface area contributed by atoms with E-state index >= 15 is 0 Å². The maximum atomic E-state index is 14.4. The molecule has 0 spiro atoms. The SMILES string of the molecule is [C-]#[N+]C1=C[C@]2(C)[C@H]3CC(=O)C4C5CC(C)(C)CC[C@]5(C(C)=O)CC[C@@]4(C)[C@]3(C)CC[C@H]2C(C)(C)C1=O. The molecule has 5 rings (SSSR count). The second-order valence-electron chi connectivity index (χ2n) is 15.4. The number of fused-ring (bicyclic) bond motifs is 7. The molecule has 5 aliphatic carbocycles. The summed E-state index contributed by atoms with van der Waals surface area (Å²) in [7, 11) is 0. The molecular weight excluding hydrogens is 446 g/mol. The van der Waals surface area contributed by atoms with E-state index in [0.717, 1.165) is 44.9 Å². The monoisotopic (exact) mass is 491 g/mol. The second kappa shape index (κ2) is 7.42. The van der Waals surface area contributed by atoms with Gasteiger partial charge in [-0.2, -0.15) is 0 Å². The Morgan fingerprint density at radius 2 is 1.56 bits per heavy atom. The Morgan fingerprint density at radius 1 is 0.917 bits per heavy atom. The minimum absolute atomic E-state index is 0.0388. The van der Waals surface area contributed by atoms with Gasteiger partial charge in [-0.1, -0.05) is 54.5 Å². The lowest BCUT2D eigenvalue weighted by Gasteiger charge is -2.72. The molecule has 0 amide bonds. The van der Waals surface area contributed by atoms with Crippen molar-refractivity contribution in [2.75, 3.05) is 0 Å². The van der Waals surface area contributed by atoms with Gasteiger partial charge in [0.15, 0.2) is 5.78 Å². The fraction of sp³-hybridized carbons (Fsp3) is 0.812. The minimum Gasteiger partial charge on any atom is -0.307 e. The molecule has 0 N–H and O–H groups in total. The average molecular weight is 492 g/mol. The molecule has 4 fully saturated rings. The molecule has 0 aromatic carbocycles. The van der Waals surface area contributed by atoms with Crippen molar-refractivity contribution in [2.24, 2.45) is 56.2 Å². The van der Waals surface area contributed by atoms with Crippen LogP contribution in [0.2, 0.25) is 0 Å². The number of Topliss-reactive ketones (excluding diaryl/α,β-unsaturated/α-hetero) is 3. The van der Waals surface area contributed by atoms with Crippen molar-refractivity contribution in [1.82, 2.24) is 0 Å². The first kappa shape index (κ1) is 25.9. The second-order valence-corrected chi connectivity index (χ2v) is 15.4. The Labute approximate surface area is 217 Å². The number of rotatable bonds is 1. The predicted octanol–water partition coefficient (Wildman–Crippen LogP) is 7.23. The van der Waals surface area contributed by atoms with E-state index in [1.165, 1.54) is 0 Å². The first-order chi connectivity index (χ1) is 16.5. The normalized spacial score (nSPS) is 48.9. The molecule has 0 heterocycles. The van der Waals surface area contributed by atoms with Crippen molar-refractivity contribution in [1.29, 1.82) is 0 Å². The highest BCUT2D eigenvalue weighted by Crippen LogP contribution is 2.75. The molecule has 5 aliphatic rings. The number of nitrogens with zero attached hydrogens (tertiary/aromatic N) is 1. The van der Waals surface area contributed by atoms with Crippen molar-refractivity contribution in [3.05, 3.63) is 23.2 Å². The van der Waals surface area contributed by atoms with Gasteiger partial charge in [0, 0.05) is 23.2 Å². The van der Waals surface area contributed by atoms with Gasteiger partial charge >= 0.3 is 0 Å². The summed E-state index contributed by atoms with van der Waals surface area (Å²) in [6, 6.07) is 0. The first-order valence-corrected chi connectivity index (χ1v) is 14.2. The van der Waals surface area contributed by atoms with Crippen LogP contribution in [-0.2, 0) is 14.4 Å². The van der Waals surface area contributed by atoms with Gasteiger partial charge in [-0.15, -0.1) is 0 Å². The lowest BCUT2D eigenvalue weighted by Crippen LogP contribution is -2.69. The van der Waals surface area contributed by atoms with E-state index in [1.54, 1.807) is 6.92 Å². The van der Waals surface area contributed by atoms with E-state index in [-0.39, 0.29) is 68.0 Å². The van der Waals surface area contributed by atoms with Gasteiger partial charge in [-0.05, 0) is 91.3 Å². The smallest absolute Gasteiger partial charge is 0.226 e. The molecule has 0 aromatic rings. The van der Waals surface area contributed by atoms with Crippen LogP contribution in [0.25, 0.3) is 4.85 Å². The molecule has 0 radical (unpaired) electrons. The van der Waals surface area contributed by atoms with Crippen LogP contribution < -0.4 is 0 Å². The molecule has 2 unspecified atom stereocenters. The van der Waals surface area contributed by atoms with Crippen LogP contribution in [0.3, 0.4) is 0 Å². The van der Waals surface area contributed by atoms with Gasteiger partial charge in [-0.25, -0.2) is 4.85 Å². The molecule has 4 saturated carbocycles. The third kappa shape index (κ3) is 2.95. The quantitative estimate of drug-likeness (QED) is 0.364. The molecule has 36 heavy (non-hydrogen) atoms. The number of allylic oxidation sites excluding steroid dienone is 2. The van der Waals surface area contributed by atoms with Gasteiger partial charge in [0.2, 0.25) is 5.70 Å². The Balaban J connectivity index is 1.65. The highest BCUT2D eigenvalue weighted by molar-refractivity contribution is 6.02. The van der Waals surface area contributed by atoms with E-state index in [4.69, 9.17) is 6.57 Å². The Kier molecular flexibility index (Phi) is 5.33. The van der Waals surface area contributed by atoms with Crippen molar-refractivity contribution < 1.29 is 14.4 Å². The summed E-state index contributed by atoms with van der Waals surface area (Å²) in [6.07, 6.45) is 9.12. The molecule has 0 bridgehead atoms. The maximum absolute atomic E-state index is 14.4. The standard InChI is InChI=1S/C32H45NO3/c1-19(34)32-14-12-27(2,3)17-20(32)25-22(35)16-24-29(6)18-21(33-9)26(36)28(4,5)23(29)10-11-30(24,7)31(25,8)13-15-32/h18,20,23-25H,10-17H2,1-8H3/t20?,23-,24+,25?,29-,30+,31+,32+/m0/s1. The van der Waals surface area contributed by atoms with Gasteiger partial charge in [0.1, 0.15) is 11.6 Å². The van der Waals surface area contributed by atoms with Crippen LogP contribution in [0.4, 0.5) is 0 Å². The first-order valence-electron chi connectivity index (χ1n) is 14.2. The molecule has 0 aliphatic heterocycles.